The molecule has 1 heterocycles. The van der Waals surface area contributed by atoms with Gasteiger partial charge in [0.2, 0.25) is 11.8 Å². The highest BCUT2D eigenvalue weighted by molar-refractivity contribution is 7.92. The van der Waals surface area contributed by atoms with Gasteiger partial charge in [-0.15, -0.1) is 0 Å². The average Bonchev–Trinajstić information content (AvgIpc) is 2.66. The van der Waals surface area contributed by atoms with E-state index in [1.807, 2.05) is 6.92 Å². The number of carbonyl (C=O) groups excluding carboxylic acids is 3. The number of benzene rings is 1. The standard InChI is InChI=1S/C19H27N3O5S/c1-14(22-11-5-4-6-17(22)23)12-20-19(25)15-7-9-16(10-8-15)28(26,27)13-18(24)21(2)3/h7-10,14H,4-6,11-13H2,1-3H3,(H,20,25). The Morgan fingerprint density at radius 1 is 1.18 bits per heavy atom. The lowest BCUT2D eigenvalue weighted by Crippen LogP contribution is -2.47. The Balaban J connectivity index is 1.96. The van der Waals surface area contributed by atoms with Crippen molar-refractivity contribution in [1.82, 2.24) is 15.1 Å². The maximum Gasteiger partial charge on any atom is 0.251 e. The number of likely N-dealkylation sites (tertiary alicyclic amines) is 1. The Kier molecular flexibility index (Phi) is 7.17. The predicted octanol–water partition coefficient (Wildman–Crippen LogP) is 0.679. The molecule has 1 unspecified atom stereocenters. The van der Waals surface area contributed by atoms with Gasteiger partial charge < -0.3 is 15.1 Å². The number of rotatable bonds is 7. The van der Waals surface area contributed by atoms with E-state index in [1.54, 1.807) is 4.90 Å². The Morgan fingerprint density at radius 2 is 1.82 bits per heavy atom. The number of hydrogen-bond acceptors (Lipinski definition) is 5. The first-order chi connectivity index (χ1) is 13.1. The van der Waals surface area contributed by atoms with Crippen molar-refractivity contribution in [3.8, 4) is 0 Å². The van der Waals surface area contributed by atoms with E-state index in [2.05, 4.69) is 5.32 Å². The Morgan fingerprint density at radius 3 is 2.39 bits per heavy atom. The van der Waals surface area contributed by atoms with E-state index >= 15 is 0 Å². The number of nitrogens with one attached hydrogen (secondary N) is 1. The van der Waals surface area contributed by atoms with E-state index in [4.69, 9.17) is 0 Å². The first-order valence-corrected chi connectivity index (χ1v) is 10.9. The van der Waals surface area contributed by atoms with Gasteiger partial charge in [0.15, 0.2) is 9.84 Å². The van der Waals surface area contributed by atoms with Crippen molar-refractivity contribution in [1.29, 1.82) is 0 Å². The molecule has 28 heavy (non-hydrogen) atoms. The molecule has 3 amide bonds. The zero-order chi connectivity index (χ0) is 20.9. The molecule has 0 radical (unpaired) electrons. The van der Waals surface area contributed by atoms with Gasteiger partial charge in [-0.2, -0.15) is 0 Å². The minimum absolute atomic E-state index is 0.00784. The minimum Gasteiger partial charge on any atom is -0.350 e. The molecular weight excluding hydrogens is 382 g/mol. The Labute approximate surface area is 165 Å². The molecule has 1 saturated heterocycles. The average molecular weight is 410 g/mol. The summed E-state index contributed by atoms with van der Waals surface area (Å²) in [5.41, 5.74) is 0.315. The van der Waals surface area contributed by atoms with Gasteiger partial charge in [0.25, 0.3) is 5.91 Å². The largest absolute Gasteiger partial charge is 0.350 e. The molecule has 0 aliphatic carbocycles. The van der Waals surface area contributed by atoms with Crippen LogP contribution >= 0.6 is 0 Å². The van der Waals surface area contributed by atoms with Crippen molar-refractivity contribution in [3.63, 3.8) is 0 Å². The smallest absolute Gasteiger partial charge is 0.251 e. The molecule has 154 valence electrons. The fourth-order valence-electron chi connectivity index (χ4n) is 2.93. The third-order valence-electron chi connectivity index (χ3n) is 4.74. The molecule has 1 aromatic carbocycles. The fraction of sp³-hybridized carbons (Fsp3) is 0.526. The summed E-state index contributed by atoms with van der Waals surface area (Å²) in [5, 5.41) is 2.78. The SMILES string of the molecule is CC(CNC(=O)c1ccc(S(=O)(=O)CC(=O)N(C)C)cc1)N1CCCCC1=O. The van der Waals surface area contributed by atoms with Crippen molar-refractivity contribution in [2.75, 3.05) is 32.9 Å². The van der Waals surface area contributed by atoms with Gasteiger partial charge in [0, 0.05) is 45.2 Å². The van der Waals surface area contributed by atoms with E-state index in [0.717, 1.165) is 12.8 Å². The number of hydrogen-bond donors (Lipinski definition) is 1. The van der Waals surface area contributed by atoms with Crippen molar-refractivity contribution in [2.24, 2.45) is 0 Å². The van der Waals surface area contributed by atoms with Crippen LogP contribution in [0.1, 0.15) is 36.5 Å². The molecule has 1 aliphatic heterocycles. The van der Waals surface area contributed by atoms with Crippen molar-refractivity contribution in [2.45, 2.75) is 37.1 Å². The van der Waals surface area contributed by atoms with Crippen LogP contribution in [-0.2, 0) is 19.4 Å². The summed E-state index contributed by atoms with van der Waals surface area (Å²) in [7, 11) is -0.781. The van der Waals surface area contributed by atoms with Crippen LogP contribution in [0.5, 0.6) is 0 Å². The van der Waals surface area contributed by atoms with Crippen LogP contribution in [0.25, 0.3) is 0 Å². The highest BCUT2D eigenvalue weighted by Crippen LogP contribution is 2.15. The summed E-state index contributed by atoms with van der Waals surface area (Å²) >= 11 is 0. The summed E-state index contributed by atoms with van der Waals surface area (Å²) in [4.78, 5) is 38.9. The first-order valence-electron chi connectivity index (χ1n) is 9.22. The third kappa shape index (κ3) is 5.54. The van der Waals surface area contributed by atoms with E-state index in [0.29, 0.717) is 25.1 Å². The van der Waals surface area contributed by atoms with Crippen molar-refractivity contribution >= 4 is 27.6 Å². The van der Waals surface area contributed by atoms with Crippen molar-refractivity contribution in [3.05, 3.63) is 29.8 Å². The van der Waals surface area contributed by atoms with Crippen molar-refractivity contribution < 1.29 is 22.8 Å². The van der Waals surface area contributed by atoms with Crippen LogP contribution in [0.3, 0.4) is 0 Å². The lowest BCUT2D eigenvalue weighted by molar-refractivity contribution is -0.135. The maximum absolute atomic E-state index is 12.3. The second-order valence-electron chi connectivity index (χ2n) is 7.17. The quantitative estimate of drug-likeness (QED) is 0.713. The minimum atomic E-state index is -3.76. The van der Waals surface area contributed by atoms with Gasteiger partial charge in [0.05, 0.1) is 4.90 Å². The fourth-order valence-corrected chi connectivity index (χ4v) is 4.23. The van der Waals surface area contributed by atoms with Gasteiger partial charge >= 0.3 is 0 Å². The van der Waals surface area contributed by atoms with Crippen LogP contribution in [0.15, 0.2) is 29.2 Å². The van der Waals surface area contributed by atoms with Gasteiger partial charge in [-0.25, -0.2) is 8.42 Å². The van der Waals surface area contributed by atoms with Crippen LogP contribution in [0.2, 0.25) is 0 Å². The Bertz CT molecular complexity index is 834. The normalized spacial score (nSPS) is 15.8. The predicted molar refractivity (Wildman–Crippen MR) is 105 cm³/mol. The molecule has 1 N–H and O–H groups in total. The van der Waals surface area contributed by atoms with Gasteiger partial charge in [0.1, 0.15) is 5.75 Å². The summed E-state index contributed by atoms with van der Waals surface area (Å²) in [6, 6.07) is 5.38. The van der Waals surface area contributed by atoms with Crippen LogP contribution in [-0.4, -0.2) is 74.9 Å². The molecule has 1 aliphatic rings. The number of carbonyl (C=O) groups is 3. The topological polar surface area (TPSA) is 104 Å². The number of piperidine rings is 1. The van der Waals surface area contributed by atoms with Crippen LogP contribution in [0.4, 0.5) is 0 Å². The molecule has 9 heteroatoms. The summed E-state index contributed by atoms with van der Waals surface area (Å²) < 4.78 is 24.5. The first kappa shape index (κ1) is 21.9. The third-order valence-corrected chi connectivity index (χ3v) is 6.36. The second-order valence-corrected chi connectivity index (χ2v) is 9.16. The van der Waals surface area contributed by atoms with E-state index in [9.17, 15) is 22.8 Å². The molecule has 1 fully saturated rings. The summed E-state index contributed by atoms with van der Waals surface area (Å²) in [6.07, 6.45) is 2.42. The van der Waals surface area contributed by atoms with Gasteiger partial charge in [-0.3, -0.25) is 14.4 Å². The molecule has 1 aromatic rings. The monoisotopic (exact) mass is 409 g/mol. The number of nitrogens with zero attached hydrogens (tertiary/aromatic N) is 2. The molecule has 0 spiro atoms. The molecule has 8 nitrogen and oxygen atoms in total. The molecule has 0 saturated carbocycles. The molecular formula is C19H27N3O5S. The van der Waals surface area contributed by atoms with Gasteiger partial charge in [-0.05, 0) is 44.0 Å². The second kappa shape index (κ2) is 9.18. The van der Waals surface area contributed by atoms with E-state index in [-0.39, 0.29) is 22.8 Å². The van der Waals surface area contributed by atoms with Gasteiger partial charge in [-0.1, -0.05) is 0 Å². The Hall–Kier alpha value is -2.42. The highest BCUT2D eigenvalue weighted by Gasteiger charge is 2.24. The van der Waals surface area contributed by atoms with E-state index < -0.39 is 21.5 Å². The molecule has 0 aromatic heterocycles. The lowest BCUT2D eigenvalue weighted by Gasteiger charge is -2.32. The van der Waals surface area contributed by atoms with Crippen LogP contribution < -0.4 is 5.32 Å². The number of amides is 3. The zero-order valence-electron chi connectivity index (χ0n) is 16.5. The number of sulfone groups is 1. The van der Waals surface area contributed by atoms with E-state index in [1.165, 1.54) is 43.3 Å². The van der Waals surface area contributed by atoms with Crippen LogP contribution in [0, 0.1) is 0 Å². The summed E-state index contributed by atoms with van der Waals surface area (Å²) in [5.74, 6) is -1.37. The molecule has 1 atom stereocenters. The molecule has 0 bridgehead atoms. The zero-order valence-corrected chi connectivity index (χ0v) is 17.3. The molecule has 2 rings (SSSR count). The summed E-state index contributed by atoms with van der Waals surface area (Å²) in [6.45, 7) is 2.91. The highest BCUT2D eigenvalue weighted by atomic mass is 32.2. The maximum atomic E-state index is 12.3. The lowest BCUT2D eigenvalue weighted by atomic mass is 10.1.